The van der Waals surface area contributed by atoms with Gasteiger partial charge in [-0.3, -0.25) is 4.79 Å². The molecule has 0 bridgehead atoms. The van der Waals surface area contributed by atoms with Crippen molar-refractivity contribution in [3.05, 3.63) is 35.7 Å². The molecule has 0 saturated heterocycles. The predicted molar refractivity (Wildman–Crippen MR) is 45.9 cm³/mol. The number of rotatable bonds is 2. The molecule has 0 aliphatic carbocycles. The molecule has 62 valence electrons. The van der Waals surface area contributed by atoms with Crippen molar-refractivity contribution in [3.63, 3.8) is 0 Å². The lowest BCUT2D eigenvalue weighted by atomic mass is 10.1. The van der Waals surface area contributed by atoms with E-state index in [1.807, 2.05) is 0 Å². The summed E-state index contributed by atoms with van der Waals surface area (Å²) in [5, 5.41) is 0. The predicted octanol–water partition coefficient (Wildman–Crippen LogP) is 1.62. The van der Waals surface area contributed by atoms with Gasteiger partial charge in [-0.25, -0.2) is 4.39 Å². The maximum atomic E-state index is 12.5. The fourth-order valence-electron chi connectivity index (χ4n) is 0.840. The van der Waals surface area contributed by atoms with Crippen molar-refractivity contribution >= 4 is 18.0 Å². The monoisotopic (exact) mass is 165 g/mol. The number of allylic oxidation sites excluding steroid dienone is 1. The normalized spacial score (nSPS) is 10.4. The SMILES string of the molecule is Nc1cc(F)ccc1C=CC=O. The summed E-state index contributed by atoms with van der Waals surface area (Å²) in [5.41, 5.74) is 6.42. The van der Waals surface area contributed by atoms with Crippen molar-refractivity contribution in [2.75, 3.05) is 5.73 Å². The second-order valence-corrected chi connectivity index (χ2v) is 2.27. The number of halogens is 1. The van der Waals surface area contributed by atoms with E-state index < -0.39 is 0 Å². The summed E-state index contributed by atoms with van der Waals surface area (Å²) in [6.07, 6.45) is 3.48. The zero-order chi connectivity index (χ0) is 8.97. The third-order valence-corrected chi connectivity index (χ3v) is 1.40. The Kier molecular flexibility index (Phi) is 2.58. The molecule has 0 spiro atoms. The summed E-state index contributed by atoms with van der Waals surface area (Å²) in [5.74, 6) is -0.379. The molecule has 0 unspecified atom stereocenters. The first-order valence-corrected chi connectivity index (χ1v) is 3.41. The molecule has 0 aromatic heterocycles. The third kappa shape index (κ3) is 1.92. The first kappa shape index (κ1) is 8.46. The molecule has 2 nitrogen and oxygen atoms in total. The summed E-state index contributed by atoms with van der Waals surface area (Å²) in [6, 6.07) is 4.02. The smallest absolute Gasteiger partial charge is 0.142 e. The summed E-state index contributed by atoms with van der Waals surface area (Å²) in [6.45, 7) is 0. The number of hydrogen-bond donors (Lipinski definition) is 1. The molecular weight excluding hydrogens is 157 g/mol. The summed E-state index contributed by atoms with van der Waals surface area (Å²) < 4.78 is 12.5. The van der Waals surface area contributed by atoms with Gasteiger partial charge in [0, 0.05) is 5.69 Å². The summed E-state index contributed by atoms with van der Waals surface area (Å²) in [7, 11) is 0. The molecule has 0 radical (unpaired) electrons. The van der Waals surface area contributed by atoms with Gasteiger partial charge in [0.05, 0.1) is 0 Å². The lowest BCUT2D eigenvalue weighted by molar-refractivity contribution is -0.104. The van der Waals surface area contributed by atoms with E-state index >= 15 is 0 Å². The number of benzene rings is 1. The van der Waals surface area contributed by atoms with Crippen LogP contribution in [0.5, 0.6) is 0 Å². The Balaban J connectivity index is 3.01. The molecule has 12 heavy (non-hydrogen) atoms. The zero-order valence-electron chi connectivity index (χ0n) is 6.33. The highest BCUT2D eigenvalue weighted by Crippen LogP contribution is 2.14. The summed E-state index contributed by atoms with van der Waals surface area (Å²) >= 11 is 0. The van der Waals surface area contributed by atoms with E-state index in [2.05, 4.69) is 0 Å². The summed E-state index contributed by atoms with van der Waals surface area (Å²) in [4.78, 5) is 9.95. The molecular formula is C9H8FNO. The molecule has 0 aliphatic rings. The first-order valence-electron chi connectivity index (χ1n) is 3.41. The average molecular weight is 165 g/mol. The molecule has 0 atom stereocenters. The lowest BCUT2D eigenvalue weighted by Gasteiger charge is -1.98. The largest absolute Gasteiger partial charge is 0.398 e. The second kappa shape index (κ2) is 3.67. The quantitative estimate of drug-likeness (QED) is 0.411. The van der Waals surface area contributed by atoms with Gasteiger partial charge in [0.15, 0.2) is 0 Å². The van der Waals surface area contributed by atoms with Gasteiger partial charge in [-0.05, 0) is 29.8 Å². The van der Waals surface area contributed by atoms with Gasteiger partial charge in [0.1, 0.15) is 12.1 Å². The number of carbonyl (C=O) groups excluding carboxylic acids is 1. The highest BCUT2D eigenvalue weighted by atomic mass is 19.1. The standard InChI is InChI=1S/C9H8FNO/c10-8-4-3-7(2-1-5-12)9(11)6-8/h1-6H,11H2. The molecule has 2 N–H and O–H groups in total. The van der Waals surface area contributed by atoms with Gasteiger partial charge in [-0.15, -0.1) is 0 Å². The highest BCUT2D eigenvalue weighted by Gasteiger charge is 1.95. The van der Waals surface area contributed by atoms with Crippen molar-refractivity contribution in [1.29, 1.82) is 0 Å². The topological polar surface area (TPSA) is 43.1 Å². The number of anilines is 1. The van der Waals surface area contributed by atoms with Crippen LogP contribution >= 0.6 is 0 Å². The van der Waals surface area contributed by atoms with E-state index in [1.54, 1.807) is 0 Å². The van der Waals surface area contributed by atoms with Crippen LogP contribution in [-0.2, 0) is 4.79 Å². The van der Waals surface area contributed by atoms with Gasteiger partial charge in [-0.2, -0.15) is 0 Å². The molecule has 0 saturated carbocycles. The van der Waals surface area contributed by atoms with Crippen molar-refractivity contribution in [2.24, 2.45) is 0 Å². The molecule has 1 rings (SSSR count). The number of aldehydes is 1. The first-order chi connectivity index (χ1) is 5.74. The fraction of sp³-hybridized carbons (Fsp3) is 0. The van der Waals surface area contributed by atoms with E-state index in [-0.39, 0.29) is 5.82 Å². The van der Waals surface area contributed by atoms with Gasteiger partial charge < -0.3 is 5.73 Å². The average Bonchev–Trinajstić information content (AvgIpc) is 2.03. The van der Waals surface area contributed by atoms with Crippen LogP contribution in [0.25, 0.3) is 6.08 Å². The molecule has 0 heterocycles. The van der Waals surface area contributed by atoms with Gasteiger partial charge >= 0.3 is 0 Å². The Morgan fingerprint density at radius 1 is 1.42 bits per heavy atom. The highest BCUT2D eigenvalue weighted by molar-refractivity contribution is 5.77. The van der Waals surface area contributed by atoms with E-state index in [4.69, 9.17) is 5.73 Å². The number of nitrogens with two attached hydrogens (primary N) is 1. The molecule has 0 fully saturated rings. The van der Waals surface area contributed by atoms with E-state index in [1.165, 1.54) is 30.4 Å². The molecule has 1 aromatic rings. The van der Waals surface area contributed by atoms with Crippen molar-refractivity contribution in [1.82, 2.24) is 0 Å². The molecule has 0 aliphatic heterocycles. The Bertz CT molecular complexity index is 320. The van der Waals surface area contributed by atoms with Crippen LogP contribution in [0.2, 0.25) is 0 Å². The van der Waals surface area contributed by atoms with E-state index in [0.29, 0.717) is 17.5 Å². The van der Waals surface area contributed by atoms with Gasteiger partial charge in [-0.1, -0.05) is 6.07 Å². The van der Waals surface area contributed by atoms with Crippen LogP contribution in [0, 0.1) is 5.82 Å². The van der Waals surface area contributed by atoms with E-state index in [0.717, 1.165) is 0 Å². The number of hydrogen-bond acceptors (Lipinski definition) is 2. The Morgan fingerprint density at radius 3 is 2.75 bits per heavy atom. The number of nitrogen functional groups attached to an aromatic ring is 1. The van der Waals surface area contributed by atoms with Crippen LogP contribution < -0.4 is 5.73 Å². The van der Waals surface area contributed by atoms with Crippen molar-refractivity contribution < 1.29 is 9.18 Å². The van der Waals surface area contributed by atoms with Gasteiger partial charge in [0.25, 0.3) is 0 Å². The molecule has 0 amide bonds. The minimum atomic E-state index is -0.379. The maximum Gasteiger partial charge on any atom is 0.142 e. The van der Waals surface area contributed by atoms with Crippen LogP contribution in [0.15, 0.2) is 24.3 Å². The van der Waals surface area contributed by atoms with Gasteiger partial charge in [0.2, 0.25) is 0 Å². The number of carbonyl (C=O) groups is 1. The van der Waals surface area contributed by atoms with Crippen LogP contribution in [0.3, 0.4) is 0 Å². The second-order valence-electron chi connectivity index (χ2n) is 2.27. The lowest BCUT2D eigenvalue weighted by Crippen LogP contribution is -1.89. The molecule has 3 heteroatoms. The Morgan fingerprint density at radius 2 is 2.17 bits per heavy atom. The minimum absolute atomic E-state index is 0.327. The van der Waals surface area contributed by atoms with Crippen molar-refractivity contribution in [3.8, 4) is 0 Å². The van der Waals surface area contributed by atoms with Crippen LogP contribution in [0.1, 0.15) is 5.56 Å². The zero-order valence-corrected chi connectivity index (χ0v) is 6.33. The van der Waals surface area contributed by atoms with E-state index in [9.17, 15) is 9.18 Å². The van der Waals surface area contributed by atoms with Crippen molar-refractivity contribution in [2.45, 2.75) is 0 Å². The molecule has 1 aromatic carbocycles. The van der Waals surface area contributed by atoms with Crippen LogP contribution in [0.4, 0.5) is 10.1 Å². The van der Waals surface area contributed by atoms with Crippen LogP contribution in [-0.4, -0.2) is 6.29 Å². The maximum absolute atomic E-state index is 12.5. The Hall–Kier alpha value is -1.64. The Labute approximate surface area is 69.5 Å². The fourth-order valence-corrected chi connectivity index (χ4v) is 0.840. The minimum Gasteiger partial charge on any atom is -0.398 e. The third-order valence-electron chi connectivity index (χ3n) is 1.40.